The lowest BCUT2D eigenvalue weighted by Gasteiger charge is -2.35. The van der Waals surface area contributed by atoms with Crippen molar-refractivity contribution in [3.05, 3.63) is 87.5 Å². The Morgan fingerprint density at radius 1 is 1.15 bits per heavy atom. The second-order valence-electron chi connectivity index (χ2n) is 7.09. The minimum Gasteiger partial charge on any atom is -0.381 e. The van der Waals surface area contributed by atoms with Gasteiger partial charge in [0.05, 0.1) is 18.1 Å². The van der Waals surface area contributed by atoms with E-state index in [0.29, 0.717) is 12.5 Å². The molecule has 27 heavy (non-hydrogen) atoms. The summed E-state index contributed by atoms with van der Waals surface area (Å²) in [6.07, 6.45) is 0. The van der Waals surface area contributed by atoms with Crippen LogP contribution < -0.4 is 5.32 Å². The van der Waals surface area contributed by atoms with Gasteiger partial charge in [-0.3, -0.25) is 10.1 Å². The van der Waals surface area contributed by atoms with Crippen LogP contribution in [0.2, 0.25) is 0 Å². The van der Waals surface area contributed by atoms with E-state index in [2.05, 4.69) is 41.7 Å². The highest BCUT2D eigenvalue weighted by atomic mass is 16.6. The number of nitrogens with zero attached hydrogens (tertiary/aromatic N) is 1. The SMILES string of the molecule is Cc1ccc([N+](=O)[O-])cc1CNC(c1cccc2ccccc12)C1COC1. The molecule has 0 aromatic heterocycles. The second kappa shape index (κ2) is 7.47. The minimum atomic E-state index is -0.342. The molecule has 1 N–H and O–H groups in total. The average molecular weight is 362 g/mol. The molecular weight excluding hydrogens is 340 g/mol. The molecule has 0 saturated carbocycles. The summed E-state index contributed by atoms with van der Waals surface area (Å²) in [5.41, 5.74) is 3.39. The molecule has 1 aliphatic heterocycles. The van der Waals surface area contributed by atoms with Crippen LogP contribution in [0.4, 0.5) is 5.69 Å². The first-order valence-corrected chi connectivity index (χ1v) is 9.16. The van der Waals surface area contributed by atoms with E-state index in [1.165, 1.54) is 16.3 Å². The summed E-state index contributed by atoms with van der Waals surface area (Å²) in [4.78, 5) is 10.8. The van der Waals surface area contributed by atoms with Gasteiger partial charge in [-0.25, -0.2) is 0 Å². The number of hydrogen-bond donors (Lipinski definition) is 1. The van der Waals surface area contributed by atoms with E-state index in [9.17, 15) is 10.1 Å². The molecule has 0 radical (unpaired) electrons. The zero-order valence-corrected chi connectivity index (χ0v) is 15.2. The molecule has 1 unspecified atom stereocenters. The number of hydrogen-bond acceptors (Lipinski definition) is 4. The molecular formula is C22H22N2O3. The van der Waals surface area contributed by atoms with Gasteiger partial charge in [0.2, 0.25) is 0 Å². The Labute approximate surface area is 158 Å². The number of nitro groups is 1. The molecule has 4 rings (SSSR count). The Morgan fingerprint density at radius 2 is 1.93 bits per heavy atom. The largest absolute Gasteiger partial charge is 0.381 e. The van der Waals surface area contributed by atoms with Crippen molar-refractivity contribution in [3.8, 4) is 0 Å². The van der Waals surface area contributed by atoms with Crippen LogP contribution in [-0.2, 0) is 11.3 Å². The van der Waals surface area contributed by atoms with Crippen molar-refractivity contribution in [2.75, 3.05) is 13.2 Å². The number of aryl methyl sites for hydroxylation is 1. The van der Waals surface area contributed by atoms with Crippen molar-refractivity contribution in [2.24, 2.45) is 5.92 Å². The normalized spacial score (nSPS) is 15.4. The lowest BCUT2D eigenvalue weighted by Crippen LogP contribution is -2.40. The van der Waals surface area contributed by atoms with Crippen LogP contribution in [0.5, 0.6) is 0 Å². The molecule has 3 aromatic carbocycles. The third kappa shape index (κ3) is 3.56. The van der Waals surface area contributed by atoms with Crippen molar-refractivity contribution >= 4 is 16.5 Å². The molecule has 0 amide bonds. The van der Waals surface area contributed by atoms with E-state index < -0.39 is 0 Å². The monoisotopic (exact) mass is 362 g/mol. The number of nitrogens with one attached hydrogen (secondary N) is 1. The quantitative estimate of drug-likeness (QED) is 0.517. The van der Waals surface area contributed by atoms with Gasteiger partial charge >= 0.3 is 0 Å². The van der Waals surface area contributed by atoms with Gasteiger partial charge in [-0.05, 0) is 34.4 Å². The molecule has 138 valence electrons. The van der Waals surface area contributed by atoms with Crippen molar-refractivity contribution in [3.63, 3.8) is 0 Å². The van der Waals surface area contributed by atoms with Gasteiger partial charge in [-0.2, -0.15) is 0 Å². The fraction of sp³-hybridized carbons (Fsp3) is 0.273. The van der Waals surface area contributed by atoms with E-state index in [1.807, 2.05) is 19.1 Å². The van der Waals surface area contributed by atoms with E-state index in [4.69, 9.17) is 4.74 Å². The van der Waals surface area contributed by atoms with Crippen LogP contribution in [-0.4, -0.2) is 18.1 Å². The summed E-state index contributed by atoms with van der Waals surface area (Å²) >= 11 is 0. The number of fused-ring (bicyclic) bond motifs is 1. The van der Waals surface area contributed by atoms with Gasteiger partial charge in [-0.1, -0.05) is 48.5 Å². The molecule has 1 aliphatic rings. The lowest BCUT2D eigenvalue weighted by molar-refractivity contribution is -0.384. The Morgan fingerprint density at radius 3 is 2.67 bits per heavy atom. The zero-order valence-electron chi connectivity index (χ0n) is 15.2. The first-order chi connectivity index (χ1) is 13.1. The van der Waals surface area contributed by atoms with Crippen LogP contribution in [0.15, 0.2) is 60.7 Å². The van der Waals surface area contributed by atoms with Crippen LogP contribution in [0, 0.1) is 23.0 Å². The molecule has 0 bridgehead atoms. The smallest absolute Gasteiger partial charge is 0.269 e. The molecule has 5 nitrogen and oxygen atoms in total. The Balaban J connectivity index is 1.64. The van der Waals surface area contributed by atoms with Gasteiger partial charge in [-0.15, -0.1) is 0 Å². The molecule has 1 saturated heterocycles. The van der Waals surface area contributed by atoms with Crippen molar-refractivity contribution in [2.45, 2.75) is 19.5 Å². The maximum Gasteiger partial charge on any atom is 0.269 e. The summed E-state index contributed by atoms with van der Waals surface area (Å²) in [5.74, 6) is 0.398. The number of non-ortho nitro benzene ring substituents is 1. The minimum absolute atomic E-state index is 0.131. The number of rotatable bonds is 6. The summed E-state index contributed by atoms with van der Waals surface area (Å²) < 4.78 is 5.45. The second-order valence-corrected chi connectivity index (χ2v) is 7.09. The summed E-state index contributed by atoms with van der Waals surface area (Å²) in [5, 5.41) is 17.2. The highest BCUT2D eigenvalue weighted by Gasteiger charge is 2.30. The van der Waals surface area contributed by atoms with Crippen molar-refractivity contribution in [1.82, 2.24) is 5.32 Å². The van der Waals surface area contributed by atoms with Gasteiger partial charge < -0.3 is 10.1 Å². The number of benzene rings is 3. The van der Waals surface area contributed by atoms with E-state index >= 15 is 0 Å². The van der Waals surface area contributed by atoms with Crippen molar-refractivity contribution < 1.29 is 9.66 Å². The van der Waals surface area contributed by atoms with Crippen LogP contribution in [0.25, 0.3) is 10.8 Å². The van der Waals surface area contributed by atoms with E-state index in [-0.39, 0.29) is 16.7 Å². The van der Waals surface area contributed by atoms with Crippen LogP contribution in [0.1, 0.15) is 22.7 Å². The molecule has 1 atom stereocenters. The fourth-order valence-electron chi connectivity index (χ4n) is 3.68. The van der Waals surface area contributed by atoms with Gasteiger partial charge in [0.1, 0.15) is 0 Å². The Bertz CT molecular complexity index is 977. The molecule has 3 aromatic rings. The van der Waals surface area contributed by atoms with Gasteiger partial charge in [0, 0.05) is 30.6 Å². The molecule has 0 spiro atoms. The zero-order chi connectivity index (χ0) is 18.8. The van der Waals surface area contributed by atoms with Gasteiger partial charge in [0.15, 0.2) is 0 Å². The van der Waals surface area contributed by atoms with Crippen LogP contribution in [0.3, 0.4) is 0 Å². The van der Waals surface area contributed by atoms with Gasteiger partial charge in [0.25, 0.3) is 5.69 Å². The predicted molar refractivity (Wildman–Crippen MR) is 106 cm³/mol. The molecule has 1 fully saturated rings. The van der Waals surface area contributed by atoms with E-state index in [0.717, 1.165) is 24.3 Å². The van der Waals surface area contributed by atoms with Crippen LogP contribution >= 0.6 is 0 Å². The summed E-state index contributed by atoms with van der Waals surface area (Å²) in [6, 6.07) is 19.9. The summed E-state index contributed by atoms with van der Waals surface area (Å²) in [7, 11) is 0. The fourth-order valence-corrected chi connectivity index (χ4v) is 3.68. The number of ether oxygens (including phenoxy) is 1. The molecule has 0 aliphatic carbocycles. The third-order valence-corrected chi connectivity index (χ3v) is 5.35. The molecule has 5 heteroatoms. The first kappa shape index (κ1) is 17.6. The molecule has 1 heterocycles. The number of nitro benzene ring substituents is 1. The average Bonchev–Trinajstić information content (AvgIpc) is 2.64. The third-order valence-electron chi connectivity index (χ3n) is 5.35. The highest BCUT2D eigenvalue weighted by Crippen LogP contribution is 2.33. The first-order valence-electron chi connectivity index (χ1n) is 9.16. The highest BCUT2D eigenvalue weighted by molar-refractivity contribution is 5.86. The van der Waals surface area contributed by atoms with E-state index in [1.54, 1.807) is 12.1 Å². The maximum atomic E-state index is 11.1. The Kier molecular flexibility index (Phi) is 4.88. The van der Waals surface area contributed by atoms with Crippen molar-refractivity contribution in [1.29, 1.82) is 0 Å². The standard InChI is InChI=1S/C22H22N2O3/c1-15-9-10-19(24(25)26)11-17(15)12-23-22(18-13-27-14-18)21-8-4-6-16-5-2-3-7-20(16)21/h2-11,18,22-23H,12-14H2,1H3. The topological polar surface area (TPSA) is 64.4 Å². The maximum absolute atomic E-state index is 11.1. The Hall–Kier alpha value is -2.76. The lowest BCUT2D eigenvalue weighted by atomic mass is 9.88. The predicted octanol–water partition coefficient (Wildman–Crippen LogP) is 4.53. The summed E-state index contributed by atoms with van der Waals surface area (Å²) in [6.45, 7) is 4.03.